The van der Waals surface area contributed by atoms with E-state index in [-0.39, 0.29) is 5.41 Å². The highest BCUT2D eigenvalue weighted by atomic mass is 32.1. The molecule has 2 N–H and O–H groups in total. The van der Waals surface area contributed by atoms with Crippen LogP contribution in [0.1, 0.15) is 62.8 Å². The van der Waals surface area contributed by atoms with Gasteiger partial charge in [-0.3, -0.25) is 9.89 Å². The summed E-state index contributed by atoms with van der Waals surface area (Å²) in [6.45, 7) is 12.0. The van der Waals surface area contributed by atoms with Gasteiger partial charge in [-0.2, -0.15) is 0 Å². The molecule has 0 spiro atoms. The molecule has 1 aliphatic rings. The summed E-state index contributed by atoms with van der Waals surface area (Å²) in [6, 6.07) is 11.8. The number of nitrogens with zero attached hydrogens (tertiary/aromatic N) is 3. The number of piperidine rings is 1. The van der Waals surface area contributed by atoms with Gasteiger partial charge in [0.25, 0.3) is 0 Å². The lowest BCUT2D eigenvalue weighted by Crippen LogP contribution is -2.49. The topological polar surface area (TPSA) is 52.6 Å². The summed E-state index contributed by atoms with van der Waals surface area (Å²) in [7, 11) is 1.85. The van der Waals surface area contributed by atoms with E-state index in [9.17, 15) is 0 Å². The molecular formula is C24H37N5S. The fourth-order valence-electron chi connectivity index (χ4n) is 3.82. The van der Waals surface area contributed by atoms with Gasteiger partial charge in [0.2, 0.25) is 0 Å². The molecule has 2 heterocycles. The number of aliphatic imine (C=N–C) groups is 1. The van der Waals surface area contributed by atoms with Crippen LogP contribution in [0.2, 0.25) is 0 Å². The number of benzene rings is 1. The van der Waals surface area contributed by atoms with Crippen LogP contribution < -0.4 is 10.6 Å². The second kappa shape index (κ2) is 10.4. The molecule has 2 aromatic rings. The third-order valence-corrected chi connectivity index (χ3v) is 6.78. The minimum atomic E-state index is 0.118. The van der Waals surface area contributed by atoms with Gasteiger partial charge in [0.1, 0.15) is 0 Å². The zero-order chi connectivity index (χ0) is 21.6. The number of aromatic nitrogens is 1. The summed E-state index contributed by atoms with van der Waals surface area (Å²) in [6.07, 6.45) is 3.20. The standard InChI is InChI=1S/C24H37N5S/c1-18(19-9-7-6-8-10-19)29-15-12-20(13-16-29)27-23(25-5)26-14-11-22-28-21(17-30-22)24(2,3)4/h6-10,17-18,20H,11-16H2,1-5H3,(H2,25,26,27). The predicted molar refractivity (Wildman–Crippen MR) is 128 cm³/mol. The minimum absolute atomic E-state index is 0.118. The smallest absolute Gasteiger partial charge is 0.191 e. The van der Waals surface area contributed by atoms with E-state index in [0.29, 0.717) is 12.1 Å². The lowest BCUT2D eigenvalue weighted by molar-refractivity contribution is 0.158. The second-order valence-corrected chi connectivity index (χ2v) is 10.1. The van der Waals surface area contributed by atoms with E-state index < -0.39 is 0 Å². The van der Waals surface area contributed by atoms with Crippen molar-refractivity contribution >= 4 is 17.3 Å². The van der Waals surface area contributed by atoms with E-state index in [1.165, 1.54) is 16.3 Å². The Morgan fingerprint density at radius 1 is 1.23 bits per heavy atom. The molecule has 1 saturated heterocycles. The molecule has 1 fully saturated rings. The quantitative estimate of drug-likeness (QED) is 0.531. The van der Waals surface area contributed by atoms with Gasteiger partial charge in [0.15, 0.2) is 5.96 Å². The Labute approximate surface area is 186 Å². The van der Waals surface area contributed by atoms with Crippen LogP contribution in [0.25, 0.3) is 0 Å². The molecule has 1 aromatic heterocycles. The molecular weight excluding hydrogens is 390 g/mol. The molecule has 30 heavy (non-hydrogen) atoms. The number of likely N-dealkylation sites (tertiary alicyclic amines) is 1. The van der Waals surface area contributed by atoms with Gasteiger partial charge in [-0.1, -0.05) is 51.1 Å². The number of thiazole rings is 1. The Bertz CT molecular complexity index is 801. The van der Waals surface area contributed by atoms with Crippen LogP contribution in [0.4, 0.5) is 0 Å². The van der Waals surface area contributed by atoms with E-state index >= 15 is 0 Å². The van der Waals surface area contributed by atoms with E-state index in [2.05, 4.69) is 83.9 Å². The number of guanidine groups is 1. The number of hydrogen-bond acceptors (Lipinski definition) is 4. The van der Waals surface area contributed by atoms with Gasteiger partial charge < -0.3 is 10.6 Å². The highest BCUT2D eigenvalue weighted by molar-refractivity contribution is 7.09. The number of hydrogen-bond donors (Lipinski definition) is 2. The van der Waals surface area contributed by atoms with E-state index in [1.54, 1.807) is 11.3 Å². The highest BCUT2D eigenvalue weighted by Gasteiger charge is 2.24. The van der Waals surface area contributed by atoms with Crippen molar-refractivity contribution in [3.8, 4) is 0 Å². The molecule has 0 aliphatic carbocycles. The molecule has 1 aliphatic heterocycles. The first-order chi connectivity index (χ1) is 14.4. The molecule has 5 nitrogen and oxygen atoms in total. The Balaban J connectivity index is 1.41. The molecule has 0 radical (unpaired) electrons. The summed E-state index contributed by atoms with van der Waals surface area (Å²) in [5, 5.41) is 10.5. The molecule has 0 amide bonds. The van der Waals surface area contributed by atoms with Crippen molar-refractivity contribution in [2.24, 2.45) is 4.99 Å². The van der Waals surface area contributed by atoms with E-state index in [1.807, 2.05) is 7.05 Å². The fourth-order valence-corrected chi connectivity index (χ4v) is 4.84. The van der Waals surface area contributed by atoms with Gasteiger partial charge >= 0.3 is 0 Å². The van der Waals surface area contributed by atoms with Gasteiger partial charge in [0, 0.05) is 56.0 Å². The van der Waals surface area contributed by atoms with Crippen LogP contribution in [0, 0.1) is 0 Å². The molecule has 3 rings (SSSR count). The normalized spacial score (nSPS) is 17.7. The van der Waals surface area contributed by atoms with Crippen LogP contribution in [0.15, 0.2) is 40.7 Å². The predicted octanol–water partition coefficient (Wildman–Crippen LogP) is 4.37. The molecule has 0 bridgehead atoms. The zero-order valence-electron chi connectivity index (χ0n) is 19.1. The van der Waals surface area contributed by atoms with Crippen LogP contribution in [-0.4, -0.2) is 48.6 Å². The summed E-state index contributed by atoms with van der Waals surface area (Å²) >= 11 is 1.76. The van der Waals surface area contributed by atoms with E-state index in [0.717, 1.165) is 44.9 Å². The lowest BCUT2D eigenvalue weighted by atomic mass is 9.93. The van der Waals surface area contributed by atoms with Gasteiger partial charge in [-0.25, -0.2) is 4.98 Å². The van der Waals surface area contributed by atoms with Crippen molar-refractivity contribution in [2.75, 3.05) is 26.7 Å². The van der Waals surface area contributed by atoms with Gasteiger partial charge in [-0.05, 0) is 25.3 Å². The SMILES string of the molecule is CN=C(NCCc1nc(C(C)(C)C)cs1)NC1CCN(C(C)c2ccccc2)CC1. The maximum absolute atomic E-state index is 4.78. The number of nitrogens with one attached hydrogen (secondary N) is 2. The zero-order valence-corrected chi connectivity index (χ0v) is 19.9. The maximum atomic E-state index is 4.78. The van der Waals surface area contributed by atoms with Crippen molar-refractivity contribution < 1.29 is 0 Å². The average Bonchev–Trinajstić information content (AvgIpc) is 3.23. The van der Waals surface area contributed by atoms with Crippen molar-refractivity contribution in [2.45, 2.75) is 64.5 Å². The monoisotopic (exact) mass is 427 g/mol. The second-order valence-electron chi connectivity index (χ2n) is 9.17. The van der Waals surface area contributed by atoms with E-state index in [4.69, 9.17) is 4.98 Å². The summed E-state index contributed by atoms with van der Waals surface area (Å²) in [5.74, 6) is 0.900. The van der Waals surface area contributed by atoms with Crippen LogP contribution in [0.3, 0.4) is 0 Å². The Morgan fingerprint density at radius 2 is 1.93 bits per heavy atom. The largest absolute Gasteiger partial charge is 0.356 e. The first kappa shape index (κ1) is 22.8. The van der Waals surface area contributed by atoms with Crippen LogP contribution in [-0.2, 0) is 11.8 Å². The van der Waals surface area contributed by atoms with Crippen molar-refractivity contribution in [3.63, 3.8) is 0 Å². The number of rotatable bonds is 6. The first-order valence-corrected chi connectivity index (χ1v) is 12.0. The van der Waals surface area contributed by atoms with Crippen LogP contribution in [0.5, 0.6) is 0 Å². The van der Waals surface area contributed by atoms with Gasteiger partial charge in [0.05, 0.1) is 10.7 Å². The Kier molecular flexibility index (Phi) is 7.89. The minimum Gasteiger partial charge on any atom is -0.356 e. The van der Waals surface area contributed by atoms with Crippen molar-refractivity contribution in [1.82, 2.24) is 20.5 Å². The first-order valence-electron chi connectivity index (χ1n) is 11.1. The summed E-state index contributed by atoms with van der Waals surface area (Å²) < 4.78 is 0. The lowest BCUT2D eigenvalue weighted by Gasteiger charge is -2.37. The molecule has 6 heteroatoms. The molecule has 1 atom stereocenters. The van der Waals surface area contributed by atoms with Crippen molar-refractivity contribution in [1.29, 1.82) is 0 Å². The molecule has 1 unspecified atom stereocenters. The third kappa shape index (κ3) is 6.29. The fraction of sp³-hybridized carbons (Fsp3) is 0.583. The summed E-state index contributed by atoms with van der Waals surface area (Å²) in [4.78, 5) is 11.8. The summed E-state index contributed by atoms with van der Waals surface area (Å²) in [5.41, 5.74) is 2.70. The average molecular weight is 428 g/mol. The third-order valence-electron chi connectivity index (χ3n) is 5.88. The Hall–Kier alpha value is -1.92. The Morgan fingerprint density at radius 3 is 2.53 bits per heavy atom. The van der Waals surface area contributed by atoms with Crippen LogP contribution >= 0.6 is 11.3 Å². The van der Waals surface area contributed by atoms with Gasteiger partial charge in [-0.15, -0.1) is 11.3 Å². The molecule has 1 aromatic carbocycles. The highest BCUT2D eigenvalue weighted by Crippen LogP contribution is 2.25. The molecule has 164 valence electrons. The maximum Gasteiger partial charge on any atom is 0.191 e. The van der Waals surface area contributed by atoms with Crippen molar-refractivity contribution in [3.05, 3.63) is 52.0 Å². The molecule has 0 saturated carbocycles.